The van der Waals surface area contributed by atoms with Crippen LogP contribution in [0.15, 0.2) is 60.6 Å². The lowest BCUT2D eigenvalue weighted by molar-refractivity contribution is -0.117. The molecule has 2 saturated heterocycles. The minimum atomic E-state index is -1.29. The number of halogens is 1. The van der Waals surface area contributed by atoms with Crippen LogP contribution < -0.4 is 20.3 Å². The van der Waals surface area contributed by atoms with Crippen molar-refractivity contribution < 1.29 is 23.6 Å². The van der Waals surface area contributed by atoms with Crippen LogP contribution in [0, 0.1) is 0 Å². The van der Waals surface area contributed by atoms with Crippen LogP contribution in [-0.2, 0) is 23.2 Å². The van der Waals surface area contributed by atoms with E-state index in [9.17, 15) is 14.0 Å². The number of aromatic nitrogens is 6. The number of anilines is 3. The first-order chi connectivity index (χ1) is 27.7. The predicted molar refractivity (Wildman–Crippen MR) is 216 cm³/mol. The average molecular weight is 805 g/mol. The predicted octanol–water partition coefficient (Wildman–Crippen LogP) is 3.21. The molecule has 3 aliphatic heterocycles. The zero-order valence-electron chi connectivity index (χ0n) is 32.4. The lowest BCUT2D eigenvalue weighted by atomic mass is 10.2. The van der Waals surface area contributed by atoms with Crippen molar-refractivity contribution in [2.75, 3.05) is 83.3 Å². The second kappa shape index (κ2) is 18.3. The van der Waals surface area contributed by atoms with Crippen LogP contribution in [0.3, 0.4) is 0 Å². The molecule has 1 aromatic carbocycles. The molecule has 2 fully saturated rings. The minimum absolute atomic E-state index is 0.0305. The molecule has 3 amide bonds. The number of hydrogen-bond donors (Lipinski definition) is 2. The number of ether oxygens (including phenoxy) is 1. The van der Waals surface area contributed by atoms with E-state index in [-0.39, 0.29) is 24.5 Å². The molecule has 2 N–H and O–H groups in total. The lowest BCUT2D eigenvalue weighted by Crippen LogP contribution is -2.47. The summed E-state index contributed by atoms with van der Waals surface area (Å²) < 4.78 is 24.1. The molecule has 57 heavy (non-hydrogen) atoms. The highest BCUT2D eigenvalue weighted by Gasteiger charge is 2.36. The quantitative estimate of drug-likeness (QED) is 0.0965. The molecule has 4 aromatic rings. The van der Waals surface area contributed by atoms with Gasteiger partial charge < -0.3 is 34.6 Å². The molecule has 0 saturated carbocycles. The van der Waals surface area contributed by atoms with Crippen LogP contribution in [-0.4, -0.2) is 152 Å². The molecule has 0 aliphatic carbocycles. The molecule has 0 bridgehead atoms. The molecule has 0 radical (unpaired) electrons. The Morgan fingerprint density at radius 1 is 1.07 bits per heavy atom. The highest BCUT2D eigenvalue weighted by atomic mass is 32.2. The Kier molecular flexibility index (Phi) is 12.8. The minimum Gasteiger partial charge on any atom is -0.478 e. The molecular weight excluding hydrogens is 756 g/mol. The van der Waals surface area contributed by atoms with Gasteiger partial charge in [-0.3, -0.25) is 14.3 Å². The summed E-state index contributed by atoms with van der Waals surface area (Å²) in [5, 5.41) is 17.4. The number of imidazole rings is 1. The molecule has 1 unspecified atom stereocenters. The van der Waals surface area contributed by atoms with Gasteiger partial charge >= 0.3 is 6.03 Å². The van der Waals surface area contributed by atoms with Gasteiger partial charge in [0, 0.05) is 59.9 Å². The van der Waals surface area contributed by atoms with Crippen molar-refractivity contribution >= 4 is 57.9 Å². The summed E-state index contributed by atoms with van der Waals surface area (Å²) in [6.45, 7) is 10.5. The number of nitrogens with one attached hydrogen (secondary N) is 2. The Labute approximate surface area is 334 Å². The number of carbonyl (C=O) groups excluding carboxylic acids is 2. The smallest absolute Gasteiger partial charge is 0.365 e. The van der Waals surface area contributed by atoms with Gasteiger partial charge in [-0.25, -0.2) is 19.2 Å². The van der Waals surface area contributed by atoms with Crippen molar-refractivity contribution in [2.24, 2.45) is 12.1 Å². The number of thioether (sulfide) groups is 1. The number of rotatable bonds is 16. The fraction of sp³-hybridized carbons (Fsp3) is 0.486. The molecule has 3 aromatic heterocycles. The van der Waals surface area contributed by atoms with E-state index in [0.29, 0.717) is 47.6 Å². The van der Waals surface area contributed by atoms with Crippen LogP contribution in [0.25, 0.3) is 11.2 Å². The number of hydrogen-bond acceptors (Lipinski definition) is 14. The number of nitrogens with zero attached hydrogens (tertiary/aromatic N) is 12. The van der Waals surface area contributed by atoms with E-state index in [0.717, 1.165) is 63.7 Å². The standard InChI is InChI=1S/C37H49FN14O4S/c1-5-30(53)41-28-22-50(21-27(28)38)36-43-32(31-33(44-36)46(2)24-39-31)42-29-23-51(45-34(29)55-4)15-9-13-48-16-18-49(19-17-48)14-10-20-56-47(3)37(54)52-35(57-25-40-52)26-11-7-6-8-12-26/h5-8,11-12,23-25,27-28,35H,1,9-10,13-22H2,2-4H3,(H,41,53)(H,42,43,44)/t27-,28-,35?/m1/s1. The number of carbonyl (C=O) groups is 2. The second-order valence-corrected chi connectivity index (χ2v) is 15.0. The third kappa shape index (κ3) is 9.46. The van der Waals surface area contributed by atoms with E-state index in [1.807, 2.05) is 48.3 Å². The van der Waals surface area contributed by atoms with E-state index in [2.05, 4.69) is 47.2 Å². The highest BCUT2D eigenvalue weighted by Crippen LogP contribution is 2.36. The number of amides is 3. The topological polar surface area (TPSA) is 167 Å². The Morgan fingerprint density at radius 3 is 2.56 bits per heavy atom. The van der Waals surface area contributed by atoms with Crippen molar-refractivity contribution in [3.05, 3.63) is 61.1 Å². The van der Waals surface area contributed by atoms with Crippen molar-refractivity contribution in [1.29, 1.82) is 0 Å². The van der Waals surface area contributed by atoms with Crippen LogP contribution in [0.1, 0.15) is 23.8 Å². The van der Waals surface area contributed by atoms with E-state index in [4.69, 9.17) is 14.6 Å². The molecule has 0 spiro atoms. The fourth-order valence-corrected chi connectivity index (χ4v) is 7.88. The molecule has 6 heterocycles. The Bertz CT molecular complexity index is 2040. The maximum absolute atomic E-state index is 14.9. The van der Waals surface area contributed by atoms with Gasteiger partial charge in [0.1, 0.15) is 17.2 Å². The second-order valence-electron chi connectivity index (χ2n) is 14.0. The first-order valence-corrected chi connectivity index (χ1v) is 19.9. The van der Waals surface area contributed by atoms with Gasteiger partial charge in [-0.05, 0) is 31.0 Å². The van der Waals surface area contributed by atoms with Gasteiger partial charge in [0.2, 0.25) is 11.9 Å². The zero-order valence-corrected chi connectivity index (χ0v) is 33.2. The number of piperazine rings is 1. The number of methoxy groups -OCH3 is 1. The summed E-state index contributed by atoms with van der Waals surface area (Å²) in [6.07, 6.45) is 5.07. The van der Waals surface area contributed by atoms with E-state index in [1.54, 1.807) is 35.5 Å². The van der Waals surface area contributed by atoms with Crippen molar-refractivity contribution in [3.8, 4) is 5.88 Å². The number of aryl methyl sites for hydroxylation is 2. The summed E-state index contributed by atoms with van der Waals surface area (Å²) in [6, 6.07) is 8.84. The van der Waals surface area contributed by atoms with Gasteiger partial charge in [-0.15, -0.1) is 5.10 Å². The number of urea groups is 1. The third-order valence-corrected chi connectivity index (χ3v) is 11.1. The number of hydroxylamine groups is 2. The number of benzene rings is 1. The van der Waals surface area contributed by atoms with E-state index >= 15 is 0 Å². The molecule has 7 rings (SSSR count). The number of fused-ring (bicyclic) bond motifs is 1. The summed E-state index contributed by atoms with van der Waals surface area (Å²) >= 11 is 1.49. The molecular formula is C37H49FN14O4S. The molecule has 3 atom stereocenters. The molecule has 20 heteroatoms. The normalized spacial score (nSPS) is 20.0. The van der Waals surface area contributed by atoms with Crippen molar-refractivity contribution in [3.63, 3.8) is 0 Å². The zero-order chi connectivity index (χ0) is 39.9. The summed E-state index contributed by atoms with van der Waals surface area (Å²) in [5.74, 6) is 0.724. The van der Waals surface area contributed by atoms with Crippen LogP contribution in [0.5, 0.6) is 5.88 Å². The summed E-state index contributed by atoms with van der Waals surface area (Å²) in [7, 11) is 5.03. The monoisotopic (exact) mass is 804 g/mol. The van der Waals surface area contributed by atoms with Gasteiger partial charge in [-0.2, -0.15) is 20.1 Å². The van der Waals surface area contributed by atoms with Crippen LogP contribution in [0.2, 0.25) is 0 Å². The fourth-order valence-electron chi connectivity index (χ4n) is 7.03. The maximum Gasteiger partial charge on any atom is 0.365 e. The van der Waals surface area contributed by atoms with Crippen LogP contribution in [0.4, 0.5) is 26.6 Å². The largest absolute Gasteiger partial charge is 0.478 e. The first-order valence-electron chi connectivity index (χ1n) is 19.0. The lowest BCUT2D eigenvalue weighted by Gasteiger charge is -2.34. The Balaban J connectivity index is 0.850. The Morgan fingerprint density at radius 2 is 1.82 bits per heavy atom. The van der Waals surface area contributed by atoms with E-state index in [1.165, 1.54) is 21.8 Å². The van der Waals surface area contributed by atoms with Gasteiger partial charge in [0.05, 0.1) is 44.4 Å². The number of hydrazone groups is 1. The molecule has 18 nitrogen and oxygen atoms in total. The van der Waals surface area contributed by atoms with Gasteiger partial charge in [-0.1, -0.05) is 48.7 Å². The number of alkyl halides is 1. The Hall–Kier alpha value is -5.31. The van der Waals surface area contributed by atoms with Gasteiger partial charge in [0.15, 0.2) is 17.0 Å². The SMILES string of the molecule is C=CC(=O)N[C@@H]1CN(c2nc(Nc3cn(CCCN4CCN(CCCON(C)C(=O)N5N=CSC5c5ccccc5)CC4)nc3OC)c3ncn(C)c3n2)C[C@H]1F. The molecule has 3 aliphatic rings. The maximum atomic E-state index is 14.9. The molecule has 304 valence electrons. The van der Waals surface area contributed by atoms with Crippen molar-refractivity contribution in [1.82, 2.24) is 54.5 Å². The average Bonchev–Trinajstić information content (AvgIpc) is 4.04. The first kappa shape index (κ1) is 39.9. The highest BCUT2D eigenvalue weighted by molar-refractivity contribution is 8.12. The van der Waals surface area contributed by atoms with E-state index < -0.39 is 18.1 Å². The van der Waals surface area contributed by atoms with Crippen LogP contribution >= 0.6 is 11.8 Å². The third-order valence-electron chi connectivity index (χ3n) is 10.1. The summed E-state index contributed by atoms with van der Waals surface area (Å²) in [5.41, 5.74) is 4.43. The van der Waals surface area contributed by atoms with Gasteiger partial charge in [0.25, 0.3) is 5.88 Å². The summed E-state index contributed by atoms with van der Waals surface area (Å²) in [4.78, 5) is 51.2. The van der Waals surface area contributed by atoms with Crippen molar-refractivity contribution in [2.45, 2.75) is 37.0 Å².